The highest BCUT2D eigenvalue weighted by Gasteiger charge is 2.12. The molecule has 0 saturated heterocycles. The largest absolute Gasteiger partial charge is 0.465 e. The van der Waals surface area contributed by atoms with E-state index in [-0.39, 0.29) is 5.15 Å². The smallest absolute Gasteiger partial charge is 0.338 e. The van der Waals surface area contributed by atoms with E-state index in [2.05, 4.69) is 20.9 Å². The van der Waals surface area contributed by atoms with Crippen molar-refractivity contribution in [1.29, 1.82) is 0 Å². The Morgan fingerprint density at radius 3 is 2.88 bits per heavy atom. The van der Waals surface area contributed by atoms with E-state index in [1.54, 1.807) is 12.1 Å². The topological polar surface area (TPSA) is 39.2 Å². The van der Waals surface area contributed by atoms with Gasteiger partial charge in [-0.3, -0.25) is 0 Å². The number of rotatable bonds is 1. The maximum Gasteiger partial charge on any atom is 0.338 e. The Balaban J connectivity index is 2.77. The summed E-state index contributed by atoms with van der Waals surface area (Å²) in [7, 11) is 1.33. The molecule has 0 bridgehead atoms. The number of esters is 1. The number of nitrogens with zero attached hydrogens (tertiary/aromatic N) is 1. The van der Waals surface area contributed by atoms with E-state index in [0.717, 1.165) is 9.86 Å². The van der Waals surface area contributed by atoms with Crippen LogP contribution >= 0.6 is 27.5 Å². The lowest BCUT2D eigenvalue weighted by Gasteiger charge is -2.05. The molecule has 82 valence electrons. The molecular formula is C11H7BrClNO2. The normalized spacial score (nSPS) is 10.4. The maximum absolute atomic E-state index is 11.5. The molecule has 1 heterocycles. The minimum Gasteiger partial charge on any atom is -0.465 e. The molecule has 0 aliphatic rings. The fraction of sp³-hybridized carbons (Fsp3) is 0.0909. The van der Waals surface area contributed by atoms with Crippen molar-refractivity contribution in [1.82, 2.24) is 4.98 Å². The number of hydrogen-bond acceptors (Lipinski definition) is 3. The number of aromatic nitrogens is 1. The van der Waals surface area contributed by atoms with Gasteiger partial charge in [0.2, 0.25) is 0 Å². The number of halogens is 2. The van der Waals surface area contributed by atoms with E-state index < -0.39 is 5.97 Å². The zero-order valence-electron chi connectivity index (χ0n) is 8.33. The highest BCUT2D eigenvalue weighted by atomic mass is 79.9. The van der Waals surface area contributed by atoms with Gasteiger partial charge in [-0.25, -0.2) is 9.78 Å². The van der Waals surface area contributed by atoms with Crippen LogP contribution in [0.15, 0.2) is 28.7 Å². The van der Waals surface area contributed by atoms with E-state index in [1.807, 2.05) is 6.07 Å². The molecule has 3 nitrogen and oxygen atoms in total. The van der Waals surface area contributed by atoms with Crippen molar-refractivity contribution in [2.75, 3.05) is 7.11 Å². The van der Waals surface area contributed by atoms with Crippen molar-refractivity contribution >= 4 is 44.4 Å². The lowest BCUT2D eigenvalue weighted by atomic mass is 10.1. The summed E-state index contributed by atoms with van der Waals surface area (Å²) in [6, 6.07) is 6.94. The Morgan fingerprint density at radius 1 is 1.44 bits per heavy atom. The minimum atomic E-state index is -0.420. The lowest BCUT2D eigenvalue weighted by molar-refractivity contribution is 0.0603. The number of carbonyl (C=O) groups excluding carboxylic acids is 1. The molecule has 5 heteroatoms. The van der Waals surface area contributed by atoms with E-state index >= 15 is 0 Å². The van der Waals surface area contributed by atoms with Crippen LogP contribution in [-0.4, -0.2) is 18.1 Å². The highest BCUT2D eigenvalue weighted by Crippen LogP contribution is 2.24. The van der Waals surface area contributed by atoms with Crippen molar-refractivity contribution in [2.45, 2.75) is 0 Å². The highest BCUT2D eigenvalue weighted by molar-refractivity contribution is 9.10. The second-order valence-corrected chi connectivity index (χ2v) is 4.45. The second-order valence-electron chi connectivity index (χ2n) is 3.15. The average molecular weight is 301 g/mol. The van der Waals surface area contributed by atoms with Crippen LogP contribution in [0.25, 0.3) is 10.9 Å². The van der Waals surface area contributed by atoms with Crippen LogP contribution in [0.4, 0.5) is 0 Å². The second kappa shape index (κ2) is 4.39. The van der Waals surface area contributed by atoms with E-state index in [4.69, 9.17) is 16.3 Å². The summed E-state index contributed by atoms with van der Waals surface area (Å²) in [5.41, 5.74) is 1.08. The number of methoxy groups -OCH3 is 1. The lowest BCUT2D eigenvalue weighted by Crippen LogP contribution is -2.03. The maximum atomic E-state index is 11.5. The first-order chi connectivity index (χ1) is 7.61. The number of hydrogen-bond donors (Lipinski definition) is 0. The Morgan fingerprint density at radius 2 is 2.19 bits per heavy atom. The van der Waals surface area contributed by atoms with Gasteiger partial charge in [0.15, 0.2) is 0 Å². The summed E-state index contributed by atoms with van der Waals surface area (Å²) in [5.74, 6) is -0.420. The van der Waals surface area contributed by atoms with E-state index in [1.165, 1.54) is 13.2 Å². The molecule has 0 aliphatic carbocycles. The Labute approximate surface area is 106 Å². The number of benzene rings is 1. The van der Waals surface area contributed by atoms with Gasteiger partial charge < -0.3 is 4.74 Å². The van der Waals surface area contributed by atoms with E-state index in [9.17, 15) is 4.79 Å². The third-order valence-corrected chi connectivity index (χ3v) is 2.83. The fourth-order valence-corrected chi connectivity index (χ4v) is 2.00. The first kappa shape index (κ1) is 11.4. The van der Waals surface area contributed by atoms with Gasteiger partial charge in [-0.05, 0) is 18.2 Å². The first-order valence-electron chi connectivity index (χ1n) is 4.46. The monoisotopic (exact) mass is 299 g/mol. The van der Waals surface area contributed by atoms with Gasteiger partial charge >= 0.3 is 5.97 Å². The summed E-state index contributed by atoms with van der Waals surface area (Å²) in [6.07, 6.45) is 0. The molecule has 1 aromatic carbocycles. The molecular weight excluding hydrogens is 293 g/mol. The molecule has 0 aliphatic heterocycles. The molecule has 2 rings (SSSR count). The Bertz CT molecular complexity index is 566. The molecule has 0 saturated carbocycles. The molecule has 0 spiro atoms. The predicted octanol–water partition coefficient (Wildman–Crippen LogP) is 3.44. The van der Waals surface area contributed by atoms with Crippen LogP contribution in [0.1, 0.15) is 10.4 Å². The number of ether oxygens (including phenoxy) is 1. The van der Waals surface area contributed by atoms with Crippen molar-refractivity contribution in [3.8, 4) is 0 Å². The standard InChI is InChI=1S/C11H7BrClNO2/c1-16-11(15)8-5-10(13)14-9-4-6(12)2-3-7(8)9/h2-5H,1H3. The molecule has 0 N–H and O–H groups in total. The van der Waals surface area contributed by atoms with Gasteiger partial charge in [0.1, 0.15) is 5.15 Å². The van der Waals surface area contributed by atoms with Gasteiger partial charge in [0.05, 0.1) is 18.2 Å². The summed E-state index contributed by atoms with van der Waals surface area (Å²) >= 11 is 9.18. The van der Waals surface area contributed by atoms with Gasteiger partial charge in [-0.2, -0.15) is 0 Å². The number of pyridine rings is 1. The zero-order chi connectivity index (χ0) is 11.7. The van der Waals surface area contributed by atoms with Crippen LogP contribution in [0, 0.1) is 0 Å². The van der Waals surface area contributed by atoms with Crippen LogP contribution in [0.5, 0.6) is 0 Å². The Kier molecular flexibility index (Phi) is 3.12. The van der Waals surface area contributed by atoms with Gasteiger partial charge in [-0.1, -0.05) is 33.6 Å². The fourth-order valence-electron chi connectivity index (χ4n) is 1.45. The summed E-state index contributed by atoms with van der Waals surface area (Å²) < 4.78 is 5.57. The molecule has 2 aromatic rings. The first-order valence-corrected chi connectivity index (χ1v) is 5.63. The molecule has 0 atom stereocenters. The van der Waals surface area contributed by atoms with Crippen molar-refractivity contribution < 1.29 is 9.53 Å². The number of carbonyl (C=O) groups is 1. The van der Waals surface area contributed by atoms with Crippen molar-refractivity contribution in [3.05, 3.63) is 39.5 Å². The molecule has 0 amide bonds. The average Bonchev–Trinajstić information content (AvgIpc) is 2.26. The summed E-state index contributed by atoms with van der Waals surface area (Å²) in [5, 5.41) is 0.991. The van der Waals surface area contributed by atoms with Crippen LogP contribution in [0.2, 0.25) is 5.15 Å². The molecule has 0 unspecified atom stereocenters. The summed E-state index contributed by atoms with van der Waals surface area (Å²) in [6.45, 7) is 0. The third kappa shape index (κ3) is 2.03. The van der Waals surface area contributed by atoms with Gasteiger partial charge in [-0.15, -0.1) is 0 Å². The van der Waals surface area contributed by atoms with E-state index in [0.29, 0.717) is 11.1 Å². The third-order valence-electron chi connectivity index (χ3n) is 2.15. The zero-order valence-corrected chi connectivity index (χ0v) is 10.7. The summed E-state index contributed by atoms with van der Waals surface area (Å²) in [4.78, 5) is 15.7. The van der Waals surface area contributed by atoms with Crippen LogP contribution in [0.3, 0.4) is 0 Å². The Hall–Kier alpha value is -1.13. The molecule has 0 fully saturated rings. The van der Waals surface area contributed by atoms with Gasteiger partial charge in [0, 0.05) is 9.86 Å². The molecule has 16 heavy (non-hydrogen) atoms. The van der Waals surface area contributed by atoms with Crippen LogP contribution < -0.4 is 0 Å². The predicted molar refractivity (Wildman–Crippen MR) is 65.8 cm³/mol. The van der Waals surface area contributed by atoms with Gasteiger partial charge in [0.25, 0.3) is 0 Å². The number of fused-ring (bicyclic) bond motifs is 1. The molecule has 0 radical (unpaired) electrons. The minimum absolute atomic E-state index is 0.269. The quantitative estimate of drug-likeness (QED) is 0.598. The molecule has 1 aromatic heterocycles. The van der Waals surface area contributed by atoms with Crippen molar-refractivity contribution in [3.63, 3.8) is 0 Å². The van der Waals surface area contributed by atoms with Crippen LogP contribution in [-0.2, 0) is 4.74 Å². The van der Waals surface area contributed by atoms with Crippen molar-refractivity contribution in [2.24, 2.45) is 0 Å². The SMILES string of the molecule is COC(=O)c1cc(Cl)nc2cc(Br)ccc12.